The lowest BCUT2D eigenvalue weighted by molar-refractivity contribution is -0.168. The first-order chi connectivity index (χ1) is 10.9. The molecular weight excluding hydrogens is 332 g/mol. The van der Waals surface area contributed by atoms with Gasteiger partial charge in [-0.2, -0.15) is 0 Å². The number of esters is 1. The number of halogens is 1. The van der Waals surface area contributed by atoms with Crippen molar-refractivity contribution in [1.82, 2.24) is 0 Å². The maximum absolute atomic E-state index is 12.8. The van der Waals surface area contributed by atoms with Crippen molar-refractivity contribution in [2.75, 3.05) is 6.61 Å². The van der Waals surface area contributed by atoms with E-state index in [9.17, 15) is 9.59 Å². The highest BCUT2D eigenvalue weighted by atomic mass is 35.5. The Morgan fingerprint density at radius 1 is 1.26 bits per heavy atom. The molecule has 0 aliphatic heterocycles. The lowest BCUT2D eigenvalue weighted by atomic mass is 9.49. The number of hydrogen-bond donors (Lipinski definition) is 0. The molecule has 4 atom stereocenters. The van der Waals surface area contributed by atoms with Crippen molar-refractivity contribution >= 4 is 34.7 Å². The Hall–Kier alpha value is -0.870. The van der Waals surface area contributed by atoms with Gasteiger partial charge in [-0.25, -0.2) is 0 Å². The summed E-state index contributed by atoms with van der Waals surface area (Å²) in [6.45, 7) is 1.81. The fourth-order valence-electron chi connectivity index (χ4n) is 5.33. The summed E-state index contributed by atoms with van der Waals surface area (Å²) in [5.41, 5.74) is -0.433. The van der Waals surface area contributed by atoms with Gasteiger partial charge in [0, 0.05) is 9.75 Å². The molecule has 124 valence electrons. The summed E-state index contributed by atoms with van der Waals surface area (Å²) >= 11 is 8.20. The second-order valence-corrected chi connectivity index (χ2v) is 9.89. The summed E-state index contributed by atoms with van der Waals surface area (Å²) < 4.78 is 5.46. The summed E-state index contributed by atoms with van der Waals surface area (Å²) in [5.74, 6) is 0.800. The standard InChI is InChI=1S/C18H21ClO3S/c1-11-2-3-15(23-11)14(20)9-22-16(21)17-5-12-4-13(6-17)8-18(19,7-12)10-17/h2-3,12-13H,4-10H2,1H3/t12-,13+,17?,18?. The monoisotopic (exact) mass is 352 g/mol. The molecule has 1 aromatic rings. The number of ether oxygens (including phenoxy) is 1. The van der Waals surface area contributed by atoms with E-state index in [1.54, 1.807) is 6.07 Å². The van der Waals surface area contributed by atoms with Crippen molar-refractivity contribution in [2.24, 2.45) is 17.3 Å². The molecule has 3 nitrogen and oxygen atoms in total. The van der Waals surface area contributed by atoms with Crippen molar-refractivity contribution in [3.8, 4) is 0 Å². The van der Waals surface area contributed by atoms with Gasteiger partial charge in [0.2, 0.25) is 5.78 Å². The van der Waals surface area contributed by atoms with Gasteiger partial charge >= 0.3 is 5.97 Å². The van der Waals surface area contributed by atoms with Crippen LogP contribution in [-0.2, 0) is 9.53 Å². The molecule has 4 bridgehead atoms. The van der Waals surface area contributed by atoms with E-state index in [0.29, 0.717) is 16.7 Å². The van der Waals surface area contributed by atoms with Gasteiger partial charge in [0.15, 0.2) is 6.61 Å². The molecule has 0 N–H and O–H groups in total. The highest BCUT2D eigenvalue weighted by molar-refractivity contribution is 7.14. The minimum absolute atomic E-state index is 0.109. The first kappa shape index (κ1) is 15.6. The molecule has 0 spiro atoms. The van der Waals surface area contributed by atoms with Crippen LogP contribution in [0.4, 0.5) is 0 Å². The lowest BCUT2D eigenvalue weighted by Gasteiger charge is -2.58. The topological polar surface area (TPSA) is 43.4 Å². The van der Waals surface area contributed by atoms with Gasteiger partial charge in [0.05, 0.1) is 10.3 Å². The van der Waals surface area contributed by atoms with Crippen LogP contribution in [0, 0.1) is 24.2 Å². The van der Waals surface area contributed by atoms with E-state index < -0.39 is 5.41 Å². The zero-order valence-corrected chi connectivity index (χ0v) is 14.8. The second kappa shape index (κ2) is 5.32. The fraction of sp³-hybridized carbons (Fsp3) is 0.667. The number of carbonyl (C=O) groups excluding carboxylic acids is 2. The second-order valence-electron chi connectivity index (χ2n) is 7.80. The van der Waals surface area contributed by atoms with Crippen molar-refractivity contribution in [2.45, 2.75) is 50.3 Å². The van der Waals surface area contributed by atoms with E-state index in [-0.39, 0.29) is 23.2 Å². The molecule has 5 rings (SSSR count). The molecule has 1 heterocycles. The number of alkyl halides is 1. The van der Waals surface area contributed by atoms with Crippen molar-refractivity contribution < 1.29 is 14.3 Å². The molecule has 1 aromatic heterocycles. The highest BCUT2D eigenvalue weighted by Gasteiger charge is 2.60. The maximum Gasteiger partial charge on any atom is 0.312 e. The van der Waals surface area contributed by atoms with Gasteiger partial charge in [0.1, 0.15) is 0 Å². The normalized spacial score (nSPS) is 37.8. The Bertz CT molecular complexity index is 651. The van der Waals surface area contributed by atoms with Gasteiger partial charge in [-0.15, -0.1) is 22.9 Å². The molecule has 4 aliphatic rings. The number of rotatable bonds is 4. The van der Waals surface area contributed by atoms with Gasteiger partial charge < -0.3 is 4.74 Å². The third-order valence-corrected chi connectivity index (χ3v) is 7.26. The summed E-state index contributed by atoms with van der Waals surface area (Å²) in [4.78, 5) is 26.4. The van der Waals surface area contributed by atoms with Crippen molar-refractivity contribution in [1.29, 1.82) is 0 Å². The van der Waals surface area contributed by atoms with Crippen LogP contribution in [-0.4, -0.2) is 23.2 Å². The molecule has 4 aliphatic carbocycles. The van der Waals surface area contributed by atoms with Crippen LogP contribution in [0.5, 0.6) is 0 Å². The van der Waals surface area contributed by atoms with Gasteiger partial charge in [0.25, 0.3) is 0 Å². The Labute approximate surface area is 145 Å². The number of aryl methyl sites for hydroxylation is 1. The number of Topliss-reactive ketones (excluding diaryl/α,β-unsaturated/α-hetero) is 1. The van der Waals surface area contributed by atoms with Crippen LogP contribution >= 0.6 is 22.9 Å². The largest absolute Gasteiger partial charge is 0.457 e. The molecule has 2 unspecified atom stereocenters. The van der Waals surface area contributed by atoms with Crippen LogP contribution in [0.1, 0.15) is 53.1 Å². The number of hydrogen-bond acceptors (Lipinski definition) is 4. The Kier molecular flexibility index (Phi) is 3.62. The number of ketones is 1. The minimum Gasteiger partial charge on any atom is -0.457 e. The van der Waals surface area contributed by atoms with E-state index in [1.165, 1.54) is 17.8 Å². The average Bonchev–Trinajstić information content (AvgIpc) is 2.88. The molecule has 0 radical (unpaired) electrons. The van der Waals surface area contributed by atoms with E-state index >= 15 is 0 Å². The zero-order chi connectivity index (χ0) is 16.2. The SMILES string of the molecule is Cc1ccc(C(=O)COC(=O)C23C[C@@H]4C[C@@H](CC(Cl)(C4)C2)C3)s1. The fourth-order valence-corrected chi connectivity index (χ4v) is 6.81. The van der Waals surface area contributed by atoms with Crippen LogP contribution in [0.3, 0.4) is 0 Å². The summed E-state index contributed by atoms with van der Waals surface area (Å²) in [6, 6.07) is 3.71. The number of thiophene rings is 1. The Morgan fingerprint density at radius 2 is 1.96 bits per heavy atom. The Balaban J connectivity index is 1.44. The molecular formula is C18H21ClO3S. The highest BCUT2D eigenvalue weighted by Crippen LogP contribution is 2.64. The van der Waals surface area contributed by atoms with Crippen LogP contribution in [0.15, 0.2) is 12.1 Å². The quantitative estimate of drug-likeness (QED) is 0.459. The van der Waals surface area contributed by atoms with Crippen LogP contribution in [0.2, 0.25) is 0 Å². The summed E-state index contributed by atoms with van der Waals surface area (Å²) in [6.07, 6.45) is 5.78. The van der Waals surface area contributed by atoms with E-state index in [4.69, 9.17) is 16.3 Å². The molecule has 0 amide bonds. The first-order valence-electron chi connectivity index (χ1n) is 8.33. The molecule has 4 saturated carbocycles. The maximum atomic E-state index is 12.8. The minimum atomic E-state index is -0.433. The van der Waals surface area contributed by atoms with E-state index in [1.807, 2.05) is 13.0 Å². The summed E-state index contributed by atoms with van der Waals surface area (Å²) in [7, 11) is 0. The average molecular weight is 353 g/mol. The molecule has 23 heavy (non-hydrogen) atoms. The van der Waals surface area contributed by atoms with Crippen LogP contribution < -0.4 is 0 Å². The van der Waals surface area contributed by atoms with E-state index in [2.05, 4.69) is 0 Å². The number of carbonyl (C=O) groups is 2. The van der Waals surface area contributed by atoms with Crippen molar-refractivity contribution in [3.63, 3.8) is 0 Å². The van der Waals surface area contributed by atoms with Gasteiger partial charge in [-0.1, -0.05) is 0 Å². The zero-order valence-electron chi connectivity index (χ0n) is 13.3. The third kappa shape index (κ3) is 2.74. The molecule has 5 heteroatoms. The predicted octanol–water partition coefficient (Wildman–Crippen LogP) is 4.36. The smallest absolute Gasteiger partial charge is 0.312 e. The van der Waals surface area contributed by atoms with Crippen LogP contribution in [0.25, 0.3) is 0 Å². The molecule has 0 saturated heterocycles. The summed E-state index contributed by atoms with van der Waals surface area (Å²) in [5, 5.41) is 0. The van der Waals surface area contributed by atoms with E-state index in [0.717, 1.165) is 37.0 Å². The first-order valence-corrected chi connectivity index (χ1v) is 9.53. The molecule has 4 fully saturated rings. The molecule has 0 aromatic carbocycles. The van der Waals surface area contributed by atoms with Crippen molar-refractivity contribution in [3.05, 3.63) is 21.9 Å². The Morgan fingerprint density at radius 3 is 2.52 bits per heavy atom. The predicted molar refractivity (Wildman–Crippen MR) is 90.0 cm³/mol. The van der Waals surface area contributed by atoms with Gasteiger partial charge in [-0.3, -0.25) is 9.59 Å². The van der Waals surface area contributed by atoms with Gasteiger partial charge in [-0.05, 0) is 69.4 Å². The lowest BCUT2D eigenvalue weighted by Crippen LogP contribution is -2.56. The third-order valence-electron chi connectivity index (χ3n) is 5.77.